The van der Waals surface area contributed by atoms with Crippen molar-refractivity contribution in [3.8, 4) is 0 Å². The molecule has 1 N–H and O–H groups in total. The van der Waals surface area contributed by atoms with E-state index in [4.69, 9.17) is 4.74 Å². The minimum absolute atomic E-state index is 0.0536. The average molecular weight is 479 g/mol. The highest BCUT2D eigenvalue weighted by molar-refractivity contribution is 5.90. The molecule has 2 aromatic heterocycles. The van der Waals surface area contributed by atoms with E-state index in [1.54, 1.807) is 0 Å². The topological polar surface area (TPSA) is 81.4 Å². The van der Waals surface area contributed by atoms with Crippen molar-refractivity contribution < 1.29 is 22.3 Å². The number of halogens is 4. The first-order valence-electron chi connectivity index (χ1n) is 10.7. The second kappa shape index (κ2) is 7.83. The molecule has 0 bridgehead atoms. The number of morpholine rings is 1. The summed E-state index contributed by atoms with van der Waals surface area (Å²) in [5.41, 5.74) is -2.47. The summed E-state index contributed by atoms with van der Waals surface area (Å²) in [4.78, 5) is 25.5. The molecule has 8 nitrogen and oxygen atoms in total. The minimum Gasteiger partial charge on any atom is -0.374 e. The van der Waals surface area contributed by atoms with E-state index < -0.39 is 34.7 Å². The van der Waals surface area contributed by atoms with Gasteiger partial charge >= 0.3 is 6.18 Å². The van der Waals surface area contributed by atoms with Crippen molar-refractivity contribution in [3.63, 3.8) is 0 Å². The number of alkyl halides is 3. The molecule has 1 aliphatic carbocycles. The Balaban J connectivity index is 1.58. The number of anilines is 1. The molecular formula is C22H21F4N5O3. The maximum Gasteiger partial charge on any atom is 0.419 e. The Kier molecular flexibility index (Phi) is 5.15. The van der Waals surface area contributed by atoms with Crippen LogP contribution in [0.2, 0.25) is 0 Å². The third-order valence-electron chi connectivity index (χ3n) is 6.23. The van der Waals surface area contributed by atoms with Crippen LogP contribution in [0.25, 0.3) is 10.8 Å². The molecule has 0 amide bonds. The van der Waals surface area contributed by atoms with E-state index in [9.17, 15) is 27.2 Å². The van der Waals surface area contributed by atoms with Crippen LogP contribution in [-0.2, 0) is 18.0 Å². The molecule has 3 atom stereocenters. The van der Waals surface area contributed by atoms with Crippen LogP contribution in [0, 0.1) is 5.82 Å². The molecule has 180 valence electrons. The molecule has 5 rings (SSSR count). The van der Waals surface area contributed by atoms with Gasteiger partial charge in [0.1, 0.15) is 5.82 Å². The largest absolute Gasteiger partial charge is 0.419 e. The second-order valence-corrected chi connectivity index (χ2v) is 8.51. The molecule has 2 unspecified atom stereocenters. The summed E-state index contributed by atoms with van der Waals surface area (Å²) in [6.45, 7) is 2.43. The Morgan fingerprint density at radius 2 is 2.00 bits per heavy atom. The molecule has 2 fully saturated rings. The molecule has 34 heavy (non-hydrogen) atoms. The summed E-state index contributed by atoms with van der Waals surface area (Å²) in [6, 6.07) is 3.41. The Morgan fingerprint density at radius 1 is 1.24 bits per heavy atom. The van der Waals surface area contributed by atoms with E-state index in [1.165, 1.54) is 37.0 Å². The molecule has 1 saturated heterocycles. The van der Waals surface area contributed by atoms with Crippen LogP contribution in [0.15, 0.2) is 40.1 Å². The normalized spacial score (nSPS) is 20.8. The van der Waals surface area contributed by atoms with Crippen LogP contribution in [-0.4, -0.2) is 39.8 Å². The predicted octanol–water partition coefficient (Wildman–Crippen LogP) is 2.54. The number of pyridine rings is 1. The van der Waals surface area contributed by atoms with Gasteiger partial charge in [0.25, 0.3) is 11.1 Å². The van der Waals surface area contributed by atoms with Crippen molar-refractivity contribution in [2.45, 2.75) is 37.7 Å². The first kappa shape index (κ1) is 22.4. The summed E-state index contributed by atoms with van der Waals surface area (Å²) in [6.07, 6.45) is -2.50. The van der Waals surface area contributed by atoms with Gasteiger partial charge in [0.2, 0.25) is 0 Å². The Labute approximate surface area is 190 Å². The first-order chi connectivity index (χ1) is 16.1. The zero-order valence-electron chi connectivity index (χ0n) is 18.3. The fourth-order valence-electron chi connectivity index (χ4n) is 4.39. The summed E-state index contributed by atoms with van der Waals surface area (Å²) in [5, 5.41) is 9.39. The van der Waals surface area contributed by atoms with Crippen molar-refractivity contribution >= 4 is 16.6 Å². The van der Waals surface area contributed by atoms with E-state index in [0.29, 0.717) is 24.6 Å². The molecule has 0 spiro atoms. The van der Waals surface area contributed by atoms with Crippen LogP contribution in [0.3, 0.4) is 0 Å². The average Bonchev–Trinajstić information content (AvgIpc) is 3.56. The van der Waals surface area contributed by atoms with E-state index >= 15 is 0 Å². The highest BCUT2D eigenvalue weighted by Gasteiger charge is 2.46. The molecular weight excluding hydrogens is 458 g/mol. The third-order valence-corrected chi connectivity index (χ3v) is 6.23. The van der Waals surface area contributed by atoms with Gasteiger partial charge in [0, 0.05) is 31.3 Å². The van der Waals surface area contributed by atoms with Crippen LogP contribution in [0.4, 0.5) is 23.4 Å². The molecule has 12 heteroatoms. The lowest BCUT2D eigenvalue weighted by Crippen LogP contribution is -2.49. The van der Waals surface area contributed by atoms with Crippen molar-refractivity contribution in [1.29, 1.82) is 0 Å². The van der Waals surface area contributed by atoms with Gasteiger partial charge in [-0.25, -0.2) is 13.7 Å². The maximum absolute atomic E-state index is 14.7. The van der Waals surface area contributed by atoms with Gasteiger partial charge in [0.05, 0.1) is 47.7 Å². The monoisotopic (exact) mass is 479 g/mol. The van der Waals surface area contributed by atoms with E-state index in [-0.39, 0.29) is 28.9 Å². The first-order valence-corrected chi connectivity index (χ1v) is 10.7. The number of hydrogen-bond donors (Lipinski definition) is 1. The quantitative estimate of drug-likeness (QED) is 0.580. The lowest BCUT2D eigenvalue weighted by Gasteiger charge is -2.30. The van der Waals surface area contributed by atoms with Gasteiger partial charge in [-0.1, -0.05) is 12.1 Å². The number of aryl methyl sites for hydroxylation is 1. The number of fused-ring (bicyclic) bond motifs is 2. The van der Waals surface area contributed by atoms with E-state index in [2.05, 4.69) is 10.4 Å². The Morgan fingerprint density at radius 3 is 2.74 bits per heavy atom. The summed E-state index contributed by atoms with van der Waals surface area (Å²) in [5.74, 6) is -1.25. The number of ether oxygens (including phenoxy) is 1. The Hall–Kier alpha value is -3.41. The number of aromatic nitrogens is 3. The van der Waals surface area contributed by atoms with Gasteiger partial charge in [-0.05, 0) is 13.0 Å². The third kappa shape index (κ3) is 3.71. The summed E-state index contributed by atoms with van der Waals surface area (Å²) >= 11 is 0. The lowest BCUT2D eigenvalue weighted by atomic mass is 10.0. The van der Waals surface area contributed by atoms with Crippen molar-refractivity contribution in [2.75, 3.05) is 23.5 Å². The van der Waals surface area contributed by atoms with Crippen molar-refractivity contribution in [2.24, 2.45) is 7.05 Å². The molecule has 1 saturated carbocycles. The minimum atomic E-state index is -4.84. The van der Waals surface area contributed by atoms with Crippen LogP contribution >= 0.6 is 0 Å². The molecule has 3 heterocycles. The van der Waals surface area contributed by atoms with E-state index in [0.717, 1.165) is 17.2 Å². The summed E-state index contributed by atoms with van der Waals surface area (Å²) in [7, 11) is 1.39. The molecule has 0 radical (unpaired) electrons. The molecule has 1 aromatic carbocycles. The second-order valence-electron chi connectivity index (χ2n) is 8.51. The molecule has 1 aliphatic heterocycles. The van der Waals surface area contributed by atoms with Gasteiger partial charge in [-0.2, -0.15) is 18.3 Å². The molecule has 2 aliphatic rings. The highest BCUT2D eigenvalue weighted by Crippen LogP contribution is 2.35. The summed E-state index contributed by atoms with van der Waals surface area (Å²) < 4.78 is 62.2. The van der Waals surface area contributed by atoms with Gasteiger partial charge in [0.15, 0.2) is 5.82 Å². The number of benzene rings is 1. The van der Waals surface area contributed by atoms with Crippen LogP contribution in [0.5, 0.6) is 0 Å². The smallest absolute Gasteiger partial charge is 0.374 e. The maximum atomic E-state index is 14.7. The number of hydrogen-bond acceptors (Lipinski definition) is 6. The highest BCUT2D eigenvalue weighted by atomic mass is 19.4. The fourth-order valence-corrected chi connectivity index (χ4v) is 4.39. The van der Waals surface area contributed by atoms with Gasteiger partial charge in [-0.15, -0.1) is 0 Å². The lowest BCUT2D eigenvalue weighted by molar-refractivity contribution is -0.140. The fraction of sp³-hybridized carbons (Fsp3) is 0.409. The number of rotatable bonds is 4. The van der Waals surface area contributed by atoms with Crippen LogP contribution < -0.4 is 21.4 Å². The zero-order valence-corrected chi connectivity index (χ0v) is 18.3. The van der Waals surface area contributed by atoms with Gasteiger partial charge in [-0.3, -0.25) is 9.59 Å². The standard InChI is InChI=1S/C22H21F4N5O3/c1-11(12-4-3-5-15(19(12)23)22(24,25)26)27-20-14-10-31(30-6-7-34-17-9-16(17)30)18(32)8-13(14)21(33)29(2)28-20/h3-5,8,10-11,16-17H,6-7,9H2,1-2H3,(H,27,28)/t11-,16?,17?/m1/s1. The SMILES string of the molecule is C[C@@H](Nc1nn(C)c(=O)c2cc(=O)n(N3CCOC4CC43)cc12)c1cccc(C(F)(F)F)c1F. The molecule has 3 aromatic rings. The Bertz CT molecular complexity index is 1400. The van der Waals surface area contributed by atoms with Gasteiger partial charge < -0.3 is 15.1 Å². The van der Waals surface area contributed by atoms with E-state index in [1.807, 2.05) is 5.01 Å². The van der Waals surface area contributed by atoms with Crippen LogP contribution in [0.1, 0.15) is 30.5 Å². The van der Waals surface area contributed by atoms with Crippen molar-refractivity contribution in [1.82, 2.24) is 14.5 Å². The predicted molar refractivity (Wildman–Crippen MR) is 116 cm³/mol. The number of nitrogens with zero attached hydrogens (tertiary/aromatic N) is 4. The van der Waals surface area contributed by atoms with Crippen molar-refractivity contribution in [3.05, 3.63) is 68.1 Å². The zero-order chi connectivity index (χ0) is 24.4. The number of nitrogens with one attached hydrogen (secondary N) is 1.